The summed E-state index contributed by atoms with van der Waals surface area (Å²) in [5.41, 5.74) is 1.06. The number of halogens is 2. The molecule has 9 nitrogen and oxygen atoms in total. The molecule has 14 heteroatoms. The number of aromatic nitrogens is 4. The Labute approximate surface area is 222 Å². The van der Waals surface area contributed by atoms with Gasteiger partial charge in [0.25, 0.3) is 0 Å². The van der Waals surface area contributed by atoms with Gasteiger partial charge in [0.2, 0.25) is 5.91 Å². The summed E-state index contributed by atoms with van der Waals surface area (Å²) in [6.45, 7) is 1.36. The summed E-state index contributed by atoms with van der Waals surface area (Å²) in [6, 6.07) is 7.07. The predicted molar refractivity (Wildman–Crippen MR) is 141 cm³/mol. The first-order valence-corrected chi connectivity index (χ1v) is 13.0. The second-order valence-corrected chi connectivity index (χ2v) is 10.9. The predicted octanol–water partition coefficient (Wildman–Crippen LogP) is 5.57. The zero-order valence-corrected chi connectivity index (χ0v) is 21.8. The number of Topliss-reactive ketones (excluding diaryl/α,β-unsaturated/α-hetero) is 1. The van der Waals surface area contributed by atoms with E-state index in [0.717, 1.165) is 0 Å². The van der Waals surface area contributed by atoms with Crippen molar-refractivity contribution in [2.24, 2.45) is 0 Å². The minimum Gasteiger partial charge on any atom is -0.506 e. The molecule has 2 aromatic heterocycles. The van der Waals surface area contributed by atoms with E-state index in [1.54, 1.807) is 0 Å². The van der Waals surface area contributed by atoms with Crippen LogP contribution in [0.2, 0.25) is 5.02 Å². The Morgan fingerprint density at radius 1 is 1.28 bits per heavy atom. The van der Waals surface area contributed by atoms with Gasteiger partial charge in [0.05, 0.1) is 16.2 Å². The molecule has 0 unspecified atom stereocenters. The quantitative estimate of drug-likeness (QED) is 0.136. The average Bonchev–Trinajstić information content (AvgIpc) is 3.15. The zero-order valence-electron chi connectivity index (χ0n) is 18.6. The number of thioether (sulfide) groups is 1. The van der Waals surface area contributed by atoms with Crippen molar-refractivity contribution < 1.29 is 19.1 Å². The summed E-state index contributed by atoms with van der Waals surface area (Å²) >= 11 is 13.8. The maximum absolute atomic E-state index is 13.5. The van der Waals surface area contributed by atoms with Crippen LogP contribution in [0, 0.1) is 9.77 Å². The monoisotopic (exact) mass is 564 g/mol. The van der Waals surface area contributed by atoms with Gasteiger partial charge in [0.1, 0.15) is 36.0 Å². The maximum atomic E-state index is 13.5. The SMILES string of the molecule is CC(=O)CCSc1nn(CC(=O)Nc2cc3c(Nc4ccc(F)c(Cl)c4)ncnc3cc2O)c(=S)s1. The van der Waals surface area contributed by atoms with Crippen molar-refractivity contribution in [1.82, 2.24) is 19.7 Å². The number of nitrogens with zero attached hydrogens (tertiary/aromatic N) is 4. The summed E-state index contributed by atoms with van der Waals surface area (Å²) in [5.74, 6) is -0.156. The molecule has 2 heterocycles. The number of hydrogen-bond acceptors (Lipinski definition) is 10. The number of benzene rings is 2. The molecule has 0 fully saturated rings. The number of phenolic OH excluding ortho intramolecular Hbond substituents is 1. The third-order valence-electron chi connectivity index (χ3n) is 4.77. The van der Waals surface area contributed by atoms with E-state index in [-0.39, 0.29) is 28.8 Å². The van der Waals surface area contributed by atoms with Crippen molar-refractivity contribution in [1.29, 1.82) is 0 Å². The molecule has 0 aliphatic carbocycles. The molecule has 0 aliphatic heterocycles. The highest BCUT2D eigenvalue weighted by molar-refractivity contribution is 8.01. The third kappa shape index (κ3) is 6.35. The van der Waals surface area contributed by atoms with Gasteiger partial charge >= 0.3 is 0 Å². The van der Waals surface area contributed by atoms with Crippen LogP contribution in [0.3, 0.4) is 0 Å². The van der Waals surface area contributed by atoms with Crippen molar-refractivity contribution in [2.45, 2.75) is 24.2 Å². The van der Waals surface area contributed by atoms with Crippen LogP contribution < -0.4 is 10.6 Å². The Hall–Kier alpha value is -3.13. The topological polar surface area (TPSA) is 122 Å². The van der Waals surface area contributed by atoms with Gasteiger partial charge in [-0.1, -0.05) is 34.7 Å². The first-order chi connectivity index (χ1) is 17.2. The molecule has 1 amide bonds. The molecule has 0 saturated heterocycles. The van der Waals surface area contributed by atoms with Gasteiger partial charge < -0.3 is 15.7 Å². The minimum absolute atomic E-state index is 0.0509. The Morgan fingerprint density at radius 2 is 2.08 bits per heavy atom. The standard InChI is InChI=1S/C22H18ClFN6O3S3/c1-11(31)4-5-35-21-29-30(22(34)36-21)9-19(33)28-17-7-13-16(8-18(17)32)25-10-26-20(13)27-12-2-3-15(24)14(23)6-12/h2-3,6-8,10,32H,4-5,9H2,1H3,(H,28,33)(H,25,26,27). The van der Waals surface area contributed by atoms with Crippen LogP contribution in [0.1, 0.15) is 13.3 Å². The molecule has 36 heavy (non-hydrogen) atoms. The number of phenols is 1. The van der Waals surface area contributed by atoms with Gasteiger partial charge in [0, 0.05) is 29.3 Å². The highest BCUT2D eigenvalue weighted by Gasteiger charge is 2.14. The lowest BCUT2D eigenvalue weighted by Gasteiger charge is -2.12. The van der Waals surface area contributed by atoms with Crippen molar-refractivity contribution in [3.63, 3.8) is 0 Å². The summed E-state index contributed by atoms with van der Waals surface area (Å²) < 4.78 is 16.0. The van der Waals surface area contributed by atoms with E-state index >= 15 is 0 Å². The van der Waals surface area contributed by atoms with E-state index in [0.29, 0.717) is 42.9 Å². The van der Waals surface area contributed by atoms with Crippen LogP contribution in [-0.4, -0.2) is 42.3 Å². The van der Waals surface area contributed by atoms with E-state index in [1.165, 1.54) is 71.4 Å². The van der Waals surface area contributed by atoms with Crippen molar-refractivity contribution in [3.05, 3.63) is 51.5 Å². The Balaban J connectivity index is 1.52. The molecule has 0 bridgehead atoms. The van der Waals surface area contributed by atoms with Gasteiger partial charge in [0.15, 0.2) is 8.29 Å². The molecule has 0 spiro atoms. The number of amides is 1. The van der Waals surface area contributed by atoms with Gasteiger partial charge in [-0.2, -0.15) is 5.10 Å². The van der Waals surface area contributed by atoms with Crippen LogP contribution in [0.5, 0.6) is 5.75 Å². The Kier molecular flexibility index (Phi) is 8.14. The van der Waals surface area contributed by atoms with Gasteiger partial charge in [-0.05, 0) is 43.4 Å². The smallest absolute Gasteiger partial charge is 0.246 e. The molecule has 0 aliphatic rings. The molecular weight excluding hydrogens is 547 g/mol. The fourth-order valence-corrected chi connectivity index (χ4v) is 5.68. The van der Waals surface area contributed by atoms with Crippen molar-refractivity contribution in [2.75, 3.05) is 16.4 Å². The molecule has 0 atom stereocenters. The number of carbonyl (C=O) groups is 2. The summed E-state index contributed by atoms with van der Waals surface area (Å²) in [6.07, 6.45) is 1.73. The number of nitrogens with one attached hydrogen (secondary N) is 2. The first kappa shape index (κ1) is 25.9. The normalized spacial score (nSPS) is 11.0. The van der Waals surface area contributed by atoms with Crippen LogP contribution >= 0.6 is 46.9 Å². The molecule has 0 radical (unpaired) electrons. The van der Waals surface area contributed by atoms with Crippen molar-refractivity contribution in [3.8, 4) is 5.75 Å². The number of ketones is 1. The number of carbonyl (C=O) groups excluding carboxylic acids is 2. The molecule has 2 aromatic carbocycles. The number of aromatic hydroxyl groups is 1. The van der Waals surface area contributed by atoms with E-state index < -0.39 is 11.7 Å². The lowest BCUT2D eigenvalue weighted by molar-refractivity contribution is -0.117. The molecule has 0 saturated carbocycles. The fraction of sp³-hybridized carbons (Fsp3) is 0.182. The molecule has 3 N–H and O–H groups in total. The summed E-state index contributed by atoms with van der Waals surface area (Å²) in [4.78, 5) is 32.2. The van der Waals surface area contributed by atoms with Gasteiger partial charge in [-0.25, -0.2) is 19.0 Å². The van der Waals surface area contributed by atoms with Crippen LogP contribution in [0.15, 0.2) is 41.0 Å². The van der Waals surface area contributed by atoms with Gasteiger partial charge in [-0.3, -0.25) is 9.59 Å². The highest BCUT2D eigenvalue weighted by atomic mass is 35.5. The van der Waals surface area contributed by atoms with E-state index in [1.807, 2.05) is 0 Å². The lowest BCUT2D eigenvalue weighted by Crippen LogP contribution is -2.19. The Bertz CT molecular complexity index is 1530. The van der Waals surface area contributed by atoms with Crippen molar-refractivity contribution >= 4 is 86.7 Å². The largest absolute Gasteiger partial charge is 0.506 e. The zero-order chi connectivity index (χ0) is 25.8. The first-order valence-electron chi connectivity index (χ1n) is 10.4. The molecular formula is C22H18ClFN6O3S3. The van der Waals surface area contributed by atoms with Crippen LogP contribution in [0.4, 0.5) is 21.6 Å². The van der Waals surface area contributed by atoms with E-state index in [9.17, 15) is 19.1 Å². The lowest BCUT2D eigenvalue weighted by atomic mass is 10.2. The van der Waals surface area contributed by atoms with E-state index in [2.05, 4.69) is 25.7 Å². The molecule has 186 valence electrons. The summed E-state index contributed by atoms with van der Waals surface area (Å²) in [7, 11) is 0. The maximum Gasteiger partial charge on any atom is 0.246 e. The second-order valence-electron chi connectivity index (χ2n) is 7.50. The van der Waals surface area contributed by atoms with Crippen LogP contribution in [0.25, 0.3) is 10.9 Å². The average molecular weight is 565 g/mol. The van der Waals surface area contributed by atoms with E-state index in [4.69, 9.17) is 23.8 Å². The number of rotatable bonds is 9. The molecule has 4 aromatic rings. The number of fused-ring (bicyclic) bond motifs is 1. The molecule has 4 rings (SSSR count). The number of anilines is 3. The van der Waals surface area contributed by atoms with Crippen LogP contribution in [-0.2, 0) is 16.1 Å². The van der Waals surface area contributed by atoms with Gasteiger partial charge in [-0.15, -0.1) is 0 Å². The number of hydrogen-bond donors (Lipinski definition) is 3. The fourth-order valence-electron chi connectivity index (χ4n) is 3.06. The Morgan fingerprint density at radius 3 is 2.83 bits per heavy atom. The minimum atomic E-state index is -0.549. The third-order valence-corrected chi connectivity index (χ3v) is 7.50. The highest BCUT2D eigenvalue weighted by Crippen LogP contribution is 2.33. The summed E-state index contributed by atoms with van der Waals surface area (Å²) in [5, 5.41) is 20.9. The second kappa shape index (κ2) is 11.3.